The molecule has 1 saturated carbocycles. The highest BCUT2D eigenvalue weighted by Crippen LogP contribution is 2.27. The largest absolute Gasteiger partial charge is 0.396 e. The zero-order valence-electron chi connectivity index (χ0n) is 11.8. The Kier molecular flexibility index (Phi) is 6.49. The molecule has 0 spiro atoms. The molecule has 2 N–H and O–H groups in total. The molecule has 0 radical (unpaired) electrons. The fourth-order valence-corrected chi connectivity index (χ4v) is 3.09. The molecule has 3 nitrogen and oxygen atoms in total. The summed E-state index contributed by atoms with van der Waals surface area (Å²) in [5, 5.41) is 19.3. The molecule has 0 saturated heterocycles. The predicted octanol–water partition coefficient (Wildman–Crippen LogP) is 3.11. The van der Waals surface area contributed by atoms with E-state index in [4.69, 9.17) is 5.11 Å². The van der Waals surface area contributed by atoms with Gasteiger partial charge in [0.15, 0.2) is 0 Å². The summed E-state index contributed by atoms with van der Waals surface area (Å²) in [6.45, 7) is 2.09. The molecule has 1 fully saturated rings. The summed E-state index contributed by atoms with van der Waals surface area (Å²) in [7, 11) is 0. The number of aliphatic hydroxyl groups is 2. The second-order valence-electron chi connectivity index (χ2n) is 5.56. The predicted molar refractivity (Wildman–Crippen MR) is 84.6 cm³/mol. The molecule has 20 heavy (non-hydrogen) atoms. The second kappa shape index (κ2) is 8.13. The van der Waals surface area contributed by atoms with Crippen LogP contribution in [-0.2, 0) is 0 Å². The van der Waals surface area contributed by atoms with Gasteiger partial charge in [-0.05, 0) is 43.4 Å². The monoisotopic (exact) mass is 341 g/mol. The van der Waals surface area contributed by atoms with Gasteiger partial charge in [0.2, 0.25) is 0 Å². The van der Waals surface area contributed by atoms with E-state index in [1.165, 1.54) is 19.3 Å². The molecule has 1 aliphatic rings. The molecule has 0 bridgehead atoms. The number of nitrogens with zero attached hydrogens (tertiary/aromatic N) is 1. The van der Waals surface area contributed by atoms with Gasteiger partial charge in [0.25, 0.3) is 0 Å². The van der Waals surface area contributed by atoms with E-state index in [9.17, 15) is 5.11 Å². The van der Waals surface area contributed by atoms with Crippen LogP contribution < -0.4 is 0 Å². The number of aliphatic hydroxyl groups excluding tert-OH is 2. The lowest BCUT2D eigenvalue weighted by Crippen LogP contribution is -2.41. The SMILES string of the molecule is OCCCN(CCC(O)c1cccc(Br)c1)C1CCC1. The fraction of sp³-hybridized carbons (Fsp3) is 0.625. The maximum Gasteiger partial charge on any atom is 0.0802 e. The van der Waals surface area contributed by atoms with Gasteiger partial charge in [-0.3, -0.25) is 0 Å². The van der Waals surface area contributed by atoms with Crippen LogP contribution in [0.4, 0.5) is 0 Å². The minimum Gasteiger partial charge on any atom is -0.396 e. The van der Waals surface area contributed by atoms with Crippen molar-refractivity contribution in [2.75, 3.05) is 19.7 Å². The number of hydrogen-bond donors (Lipinski definition) is 2. The Morgan fingerprint density at radius 3 is 2.70 bits per heavy atom. The first-order valence-electron chi connectivity index (χ1n) is 7.49. The maximum atomic E-state index is 10.3. The van der Waals surface area contributed by atoms with E-state index in [1.54, 1.807) is 0 Å². The van der Waals surface area contributed by atoms with Crippen molar-refractivity contribution in [2.24, 2.45) is 0 Å². The summed E-state index contributed by atoms with van der Waals surface area (Å²) in [6, 6.07) is 8.54. The molecule has 112 valence electrons. The van der Waals surface area contributed by atoms with Crippen molar-refractivity contribution in [1.82, 2.24) is 4.90 Å². The van der Waals surface area contributed by atoms with E-state index in [0.717, 1.165) is 36.0 Å². The third-order valence-corrected chi connectivity index (χ3v) is 4.61. The molecule has 0 aromatic heterocycles. The summed E-state index contributed by atoms with van der Waals surface area (Å²) < 4.78 is 1.00. The van der Waals surface area contributed by atoms with E-state index in [1.807, 2.05) is 24.3 Å². The third-order valence-electron chi connectivity index (χ3n) is 4.12. The number of hydrogen-bond acceptors (Lipinski definition) is 3. The molecular formula is C16H24BrNO2. The van der Waals surface area contributed by atoms with Gasteiger partial charge < -0.3 is 15.1 Å². The summed E-state index contributed by atoms with van der Waals surface area (Å²) in [5.74, 6) is 0. The minimum atomic E-state index is -0.413. The molecule has 1 aromatic carbocycles. The van der Waals surface area contributed by atoms with Gasteiger partial charge in [0.05, 0.1) is 6.10 Å². The van der Waals surface area contributed by atoms with E-state index < -0.39 is 6.10 Å². The zero-order chi connectivity index (χ0) is 14.4. The summed E-state index contributed by atoms with van der Waals surface area (Å²) >= 11 is 3.44. The van der Waals surface area contributed by atoms with Crippen LogP contribution in [0, 0.1) is 0 Å². The van der Waals surface area contributed by atoms with Crippen molar-refractivity contribution < 1.29 is 10.2 Å². The van der Waals surface area contributed by atoms with E-state index >= 15 is 0 Å². The van der Waals surface area contributed by atoms with Crippen LogP contribution in [0.15, 0.2) is 28.7 Å². The van der Waals surface area contributed by atoms with Crippen molar-refractivity contribution in [1.29, 1.82) is 0 Å². The number of benzene rings is 1. The van der Waals surface area contributed by atoms with Crippen molar-refractivity contribution in [3.63, 3.8) is 0 Å². The van der Waals surface area contributed by atoms with Crippen LogP contribution in [0.25, 0.3) is 0 Å². The van der Waals surface area contributed by atoms with E-state index in [-0.39, 0.29) is 6.61 Å². The maximum absolute atomic E-state index is 10.3. The Hall–Kier alpha value is -0.420. The first kappa shape index (κ1) is 16.0. The Labute approximate surface area is 129 Å². The second-order valence-corrected chi connectivity index (χ2v) is 6.47. The van der Waals surface area contributed by atoms with Gasteiger partial charge in [-0.1, -0.05) is 34.5 Å². The quantitative estimate of drug-likeness (QED) is 0.763. The van der Waals surface area contributed by atoms with Crippen LogP contribution in [-0.4, -0.2) is 40.9 Å². The molecule has 1 aliphatic carbocycles. The first-order chi connectivity index (χ1) is 9.70. The molecule has 4 heteroatoms. The normalized spacial score (nSPS) is 17.2. The summed E-state index contributed by atoms with van der Waals surface area (Å²) in [5.41, 5.74) is 0.968. The van der Waals surface area contributed by atoms with Gasteiger partial charge in [0.1, 0.15) is 0 Å². The fourth-order valence-electron chi connectivity index (χ4n) is 2.67. The molecule has 0 heterocycles. The van der Waals surface area contributed by atoms with Gasteiger partial charge in [0, 0.05) is 30.2 Å². The van der Waals surface area contributed by atoms with Crippen LogP contribution in [0.3, 0.4) is 0 Å². The number of halogens is 1. The van der Waals surface area contributed by atoms with Gasteiger partial charge >= 0.3 is 0 Å². The van der Waals surface area contributed by atoms with E-state index in [0.29, 0.717) is 6.04 Å². The number of rotatable bonds is 8. The van der Waals surface area contributed by atoms with Crippen molar-refractivity contribution in [2.45, 2.75) is 44.2 Å². The van der Waals surface area contributed by atoms with E-state index in [2.05, 4.69) is 20.8 Å². The molecule has 0 aliphatic heterocycles. The van der Waals surface area contributed by atoms with Crippen molar-refractivity contribution >= 4 is 15.9 Å². The van der Waals surface area contributed by atoms with Crippen LogP contribution in [0.1, 0.15) is 43.8 Å². The molecule has 2 rings (SSSR count). The summed E-state index contributed by atoms with van der Waals surface area (Å²) in [4.78, 5) is 2.43. The lowest BCUT2D eigenvalue weighted by Gasteiger charge is -2.38. The van der Waals surface area contributed by atoms with Gasteiger partial charge in [-0.25, -0.2) is 0 Å². The van der Waals surface area contributed by atoms with Crippen molar-refractivity contribution in [3.05, 3.63) is 34.3 Å². The Bertz CT molecular complexity index is 409. The van der Waals surface area contributed by atoms with Crippen molar-refractivity contribution in [3.8, 4) is 0 Å². The topological polar surface area (TPSA) is 43.7 Å². The standard InChI is InChI=1S/C16H24BrNO2/c17-14-5-1-4-13(12-14)16(20)8-10-18(9-3-11-19)15-6-2-7-15/h1,4-5,12,15-16,19-20H,2-3,6-11H2. The lowest BCUT2D eigenvalue weighted by molar-refractivity contribution is 0.0864. The minimum absolute atomic E-state index is 0.247. The highest BCUT2D eigenvalue weighted by Gasteiger charge is 2.24. The lowest BCUT2D eigenvalue weighted by atomic mass is 9.91. The summed E-state index contributed by atoms with van der Waals surface area (Å²) in [6.07, 6.45) is 5.00. The molecule has 1 unspecified atom stereocenters. The van der Waals surface area contributed by atoms with Crippen LogP contribution in [0.5, 0.6) is 0 Å². The van der Waals surface area contributed by atoms with Gasteiger partial charge in [-0.15, -0.1) is 0 Å². The van der Waals surface area contributed by atoms with Gasteiger partial charge in [-0.2, -0.15) is 0 Å². The first-order valence-corrected chi connectivity index (χ1v) is 8.28. The average Bonchev–Trinajstić information content (AvgIpc) is 2.39. The average molecular weight is 342 g/mol. The Balaban J connectivity index is 1.84. The smallest absolute Gasteiger partial charge is 0.0802 e. The molecule has 1 atom stereocenters. The molecule has 1 aromatic rings. The Morgan fingerprint density at radius 2 is 2.10 bits per heavy atom. The Morgan fingerprint density at radius 1 is 1.30 bits per heavy atom. The third kappa shape index (κ3) is 4.55. The zero-order valence-corrected chi connectivity index (χ0v) is 13.4. The highest BCUT2D eigenvalue weighted by molar-refractivity contribution is 9.10. The molecular weight excluding hydrogens is 318 g/mol. The highest BCUT2D eigenvalue weighted by atomic mass is 79.9. The van der Waals surface area contributed by atoms with Crippen LogP contribution in [0.2, 0.25) is 0 Å². The molecule has 0 amide bonds. The van der Waals surface area contributed by atoms with Crippen LogP contribution >= 0.6 is 15.9 Å².